The fourth-order valence-electron chi connectivity index (χ4n) is 4.57. The summed E-state index contributed by atoms with van der Waals surface area (Å²) in [5, 5.41) is 0.240. The third kappa shape index (κ3) is 6.95. The van der Waals surface area contributed by atoms with Crippen LogP contribution in [0.25, 0.3) is 16.8 Å². The molecule has 14 heteroatoms. The highest BCUT2D eigenvalue weighted by molar-refractivity contribution is 6.31. The van der Waals surface area contributed by atoms with Crippen LogP contribution < -0.4 is 16.0 Å². The van der Waals surface area contributed by atoms with E-state index in [1.807, 2.05) is 0 Å². The van der Waals surface area contributed by atoms with E-state index in [0.717, 1.165) is 27.7 Å². The van der Waals surface area contributed by atoms with Crippen LogP contribution in [0.5, 0.6) is 5.75 Å². The van der Waals surface area contributed by atoms with Gasteiger partial charge in [-0.1, -0.05) is 17.7 Å². The number of halogens is 5. The summed E-state index contributed by atoms with van der Waals surface area (Å²) in [5.41, 5.74) is 4.04. The average Bonchev–Trinajstić information content (AvgIpc) is 3.44. The summed E-state index contributed by atoms with van der Waals surface area (Å²) in [6.07, 6.45) is -1.76. The molecule has 2 aromatic carbocycles. The van der Waals surface area contributed by atoms with E-state index >= 15 is 0 Å². The maximum atomic E-state index is 14.3. The van der Waals surface area contributed by atoms with Crippen molar-refractivity contribution in [1.29, 1.82) is 0 Å². The maximum Gasteiger partial charge on any atom is 0.434 e. The smallest absolute Gasteiger partial charge is 0.434 e. The molecular weight excluding hydrogens is 596 g/mol. The molecule has 0 aliphatic rings. The Kier molecular flexibility index (Phi) is 9.36. The van der Waals surface area contributed by atoms with Gasteiger partial charge in [-0.2, -0.15) is 13.2 Å². The highest BCUT2D eigenvalue weighted by Crippen LogP contribution is 2.37. The summed E-state index contributed by atoms with van der Waals surface area (Å²) < 4.78 is 67.0. The molecule has 0 saturated carbocycles. The number of benzene rings is 2. The lowest BCUT2D eigenvalue weighted by Gasteiger charge is -2.21. The first-order chi connectivity index (χ1) is 20.3. The van der Waals surface area contributed by atoms with E-state index in [9.17, 15) is 31.9 Å². The van der Waals surface area contributed by atoms with Gasteiger partial charge in [0.15, 0.2) is 11.5 Å². The monoisotopic (exact) mass is 620 g/mol. The van der Waals surface area contributed by atoms with Crippen molar-refractivity contribution in [3.63, 3.8) is 0 Å². The van der Waals surface area contributed by atoms with Gasteiger partial charge >= 0.3 is 6.18 Å². The van der Waals surface area contributed by atoms with Gasteiger partial charge in [0, 0.05) is 48.6 Å². The van der Waals surface area contributed by atoms with Gasteiger partial charge in [0.2, 0.25) is 0 Å². The van der Waals surface area contributed by atoms with Crippen LogP contribution in [0.15, 0.2) is 66.0 Å². The van der Waals surface area contributed by atoms with Crippen LogP contribution in [0.3, 0.4) is 0 Å². The van der Waals surface area contributed by atoms with Gasteiger partial charge in [0.25, 0.3) is 11.5 Å². The Balaban J connectivity index is 1.77. The average molecular weight is 621 g/mol. The van der Waals surface area contributed by atoms with Gasteiger partial charge < -0.3 is 24.3 Å². The maximum absolute atomic E-state index is 14.3. The van der Waals surface area contributed by atoms with E-state index in [1.54, 1.807) is 0 Å². The molecule has 1 amide bonds. The minimum Gasteiger partial charge on any atom is -0.495 e. The number of ketones is 1. The fourth-order valence-corrected chi connectivity index (χ4v) is 4.74. The molecule has 4 aromatic rings. The Morgan fingerprint density at radius 3 is 2.42 bits per heavy atom. The third-order valence-corrected chi connectivity index (χ3v) is 6.88. The lowest BCUT2D eigenvalue weighted by molar-refractivity contribution is -0.140. The number of nitrogens with zero attached hydrogens (tertiary/aromatic N) is 3. The molecule has 43 heavy (non-hydrogen) atoms. The van der Waals surface area contributed by atoms with E-state index in [2.05, 4.69) is 4.98 Å². The first-order valence-corrected chi connectivity index (χ1v) is 13.0. The van der Waals surface area contributed by atoms with E-state index in [1.165, 1.54) is 56.8 Å². The predicted molar refractivity (Wildman–Crippen MR) is 149 cm³/mol. The van der Waals surface area contributed by atoms with Crippen LogP contribution >= 0.6 is 11.6 Å². The summed E-state index contributed by atoms with van der Waals surface area (Å²) in [4.78, 5) is 41.7. The van der Waals surface area contributed by atoms with Crippen molar-refractivity contribution in [3.05, 3.63) is 99.2 Å². The number of alkyl halides is 3. The first kappa shape index (κ1) is 31.4. The van der Waals surface area contributed by atoms with Crippen LogP contribution in [0.4, 0.5) is 17.6 Å². The number of methoxy groups -OCH3 is 2. The van der Waals surface area contributed by atoms with E-state index in [4.69, 9.17) is 26.8 Å². The molecule has 0 saturated heterocycles. The molecule has 1 atom stereocenters. The second-order valence-electron chi connectivity index (χ2n) is 9.45. The van der Waals surface area contributed by atoms with Gasteiger partial charge in [-0.15, -0.1) is 0 Å². The highest BCUT2D eigenvalue weighted by Gasteiger charge is 2.34. The molecular formula is C29H25ClF4N4O5. The quantitative estimate of drug-likeness (QED) is 0.236. The van der Waals surface area contributed by atoms with Crippen molar-refractivity contribution in [3.8, 4) is 22.6 Å². The largest absolute Gasteiger partial charge is 0.495 e. The Hall–Kier alpha value is -4.49. The van der Waals surface area contributed by atoms with E-state index in [0.29, 0.717) is 0 Å². The van der Waals surface area contributed by atoms with Gasteiger partial charge in [-0.25, -0.2) is 9.37 Å². The molecule has 0 aliphatic carbocycles. The Labute approximate surface area is 247 Å². The number of aromatic nitrogens is 3. The number of Topliss-reactive ketones (excluding diaryl/α,β-unsaturated/α-hetero) is 1. The molecule has 2 heterocycles. The van der Waals surface area contributed by atoms with Crippen molar-refractivity contribution in [2.75, 3.05) is 20.8 Å². The normalized spacial score (nSPS) is 12.3. The summed E-state index contributed by atoms with van der Waals surface area (Å²) in [6.45, 7) is 0.0997. The number of amides is 1. The van der Waals surface area contributed by atoms with Gasteiger partial charge in [-0.05, 0) is 42.3 Å². The minimum absolute atomic E-state index is 0.0806. The van der Waals surface area contributed by atoms with Crippen molar-refractivity contribution >= 4 is 23.3 Å². The summed E-state index contributed by atoms with van der Waals surface area (Å²) in [7, 11) is 2.75. The van der Waals surface area contributed by atoms with Crippen molar-refractivity contribution in [2.24, 2.45) is 5.73 Å². The molecule has 0 bridgehead atoms. The van der Waals surface area contributed by atoms with Crippen LogP contribution in [0.2, 0.25) is 5.02 Å². The Morgan fingerprint density at radius 2 is 1.81 bits per heavy atom. The van der Waals surface area contributed by atoms with Gasteiger partial charge in [0.1, 0.15) is 11.6 Å². The number of rotatable bonds is 11. The van der Waals surface area contributed by atoms with E-state index < -0.39 is 41.0 Å². The number of nitrogens with two attached hydrogens (primary N) is 1. The molecule has 226 valence electrons. The predicted octanol–water partition coefficient (Wildman–Crippen LogP) is 5.01. The lowest BCUT2D eigenvalue weighted by atomic mass is 9.99. The van der Waals surface area contributed by atoms with Crippen LogP contribution in [-0.4, -0.2) is 46.6 Å². The lowest BCUT2D eigenvalue weighted by Crippen LogP contribution is -2.31. The highest BCUT2D eigenvalue weighted by atomic mass is 35.5. The molecule has 0 aliphatic heterocycles. The molecule has 0 fully saturated rings. The Bertz CT molecular complexity index is 1730. The zero-order chi connectivity index (χ0) is 31.5. The third-order valence-electron chi connectivity index (χ3n) is 6.64. The number of carbonyl (C=O) groups excluding carboxylic acids is 2. The summed E-state index contributed by atoms with van der Waals surface area (Å²) in [5.74, 6) is -2.18. The first-order valence-electron chi connectivity index (χ1n) is 12.7. The number of primary amides is 1. The SMILES string of the molecule is COCCC(C(=O)Cc1ccc(C(N)=O)c(F)c1)n1cc(OC)c(-c2cc(Cl)ccc2-n2cnc(C(F)(F)F)c2)cc1=O. The Morgan fingerprint density at radius 1 is 1.07 bits per heavy atom. The molecule has 2 N–H and O–H groups in total. The number of imidazole rings is 1. The fraction of sp³-hybridized carbons (Fsp3) is 0.241. The van der Waals surface area contributed by atoms with Crippen molar-refractivity contribution in [2.45, 2.75) is 25.1 Å². The molecule has 1 unspecified atom stereocenters. The van der Waals surface area contributed by atoms with Crippen molar-refractivity contribution < 1.29 is 36.6 Å². The summed E-state index contributed by atoms with van der Waals surface area (Å²) in [6, 6.07) is 8.12. The van der Waals surface area contributed by atoms with Crippen LogP contribution in [-0.2, 0) is 22.1 Å². The number of hydrogen-bond acceptors (Lipinski definition) is 6. The van der Waals surface area contributed by atoms with Gasteiger partial charge in [-0.3, -0.25) is 14.4 Å². The second kappa shape index (κ2) is 12.8. The minimum atomic E-state index is -4.67. The standard InChI is InChI=1S/C29H25ClF4N4O5/c1-42-8-7-23(24(39)10-16-3-5-18(28(35)41)21(31)9-16)38-13-25(43-2)20(12-27(38)40)19-11-17(30)4-6-22(19)37-14-26(36-15-37)29(32,33)34/h3-6,9,11-15,23H,7-8,10H2,1-2H3,(H2,35,41). The number of pyridine rings is 1. The molecule has 0 radical (unpaired) electrons. The second-order valence-corrected chi connectivity index (χ2v) is 9.88. The van der Waals surface area contributed by atoms with Crippen molar-refractivity contribution in [1.82, 2.24) is 14.1 Å². The number of hydrogen-bond donors (Lipinski definition) is 1. The zero-order valence-electron chi connectivity index (χ0n) is 22.8. The molecule has 9 nitrogen and oxygen atoms in total. The number of ether oxygens (including phenoxy) is 2. The van der Waals surface area contributed by atoms with Crippen LogP contribution in [0, 0.1) is 5.82 Å². The van der Waals surface area contributed by atoms with E-state index in [-0.39, 0.29) is 58.2 Å². The molecule has 4 rings (SSSR count). The van der Waals surface area contributed by atoms with Crippen LogP contribution in [0.1, 0.15) is 34.1 Å². The van der Waals surface area contributed by atoms with Gasteiger partial charge in [0.05, 0.1) is 36.9 Å². The number of carbonyl (C=O) groups is 2. The summed E-state index contributed by atoms with van der Waals surface area (Å²) >= 11 is 6.22. The molecule has 0 spiro atoms. The molecule has 2 aromatic heterocycles. The zero-order valence-corrected chi connectivity index (χ0v) is 23.6. The topological polar surface area (TPSA) is 118 Å².